The summed E-state index contributed by atoms with van der Waals surface area (Å²) in [7, 11) is 2.14. The molecular formula is C23H32N4O2. The number of nitrogens with one attached hydrogen (secondary N) is 1. The molecule has 4 heterocycles. The minimum absolute atomic E-state index is 0.0515. The highest BCUT2D eigenvalue weighted by Gasteiger charge is 2.47. The van der Waals surface area contributed by atoms with E-state index in [2.05, 4.69) is 46.1 Å². The summed E-state index contributed by atoms with van der Waals surface area (Å²) in [4.78, 5) is 23.2. The van der Waals surface area contributed by atoms with Gasteiger partial charge in [-0.15, -0.1) is 0 Å². The predicted octanol–water partition coefficient (Wildman–Crippen LogP) is 2.31. The van der Waals surface area contributed by atoms with Gasteiger partial charge >= 0.3 is 0 Å². The smallest absolute Gasteiger partial charge is 0.240 e. The number of amides is 1. The number of carbonyl (C=O) groups excluding carboxylic acids is 1. The fourth-order valence-corrected chi connectivity index (χ4v) is 5.55. The normalized spacial score (nSPS) is 25.8. The standard InChI is InChI=1S/C23H32N4O2/c1-25-17-23(15-21(25)22(28)27-10-12-29-13-11-27)5-8-26(9-6-23)16-18-2-3-20-19(14-18)4-7-24-20/h2-4,7,14,21,24H,5-6,8-13,15-17H2,1H3. The second-order valence-corrected chi connectivity index (χ2v) is 9.25. The molecule has 3 fully saturated rings. The number of likely N-dealkylation sites (N-methyl/N-ethyl adjacent to an activating group) is 1. The Kier molecular flexibility index (Phi) is 5.10. The first-order chi connectivity index (χ1) is 14.1. The maximum Gasteiger partial charge on any atom is 0.240 e. The van der Waals surface area contributed by atoms with Crippen LogP contribution in [0.15, 0.2) is 30.5 Å². The van der Waals surface area contributed by atoms with E-state index in [1.807, 2.05) is 11.1 Å². The van der Waals surface area contributed by atoms with Crippen LogP contribution in [0.3, 0.4) is 0 Å². The van der Waals surface area contributed by atoms with Gasteiger partial charge in [0.25, 0.3) is 0 Å². The number of benzene rings is 1. The fourth-order valence-electron chi connectivity index (χ4n) is 5.55. The molecule has 2 aromatic rings. The Morgan fingerprint density at radius 3 is 2.76 bits per heavy atom. The van der Waals surface area contributed by atoms with Crippen LogP contribution in [-0.4, -0.2) is 84.6 Å². The molecule has 0 saturated carbocycles. The zero-order valence-corrected chi connectivity index (χ0v) is 17.4. The summed E-state index contributed by atoms with van der Waals surface area (Å²) in [6.07, 6.45) is 5.40. The van der Waals surface area contributed by atoms with Crippen molar-refractivity contribution in [3.63, 3.8) is 0 Å². The van der Waals surface area contributed by atoms with Gasteiger partial charge < -0.3 is 14.6 Å². The summed E-state index contributed by atoms with van der Waals surface area (Å²) in [5, 5.41) is 1.29. The van der Waals surface area contributed by atoms with Gasteiger partial charge in [0.1, 0.15) is 0 Å². The van der Waals surface area contributed by atoms with E-state index in [4.69, 9.17) is 4.74 Å². The Bertz CT molecular complexity index is 865. The molecule has 1 N–H and O–H groups in total. The first-order valence-corrected chi connectivity index (χ1v) is 11.0. The lowest BCUT2D eigenvalue weighted by Gasteiger charge is -2.39. The number of hydrogen-bond acceptors (Lipinski definition) is 4. The number of rotatable bonds is 3. The third-order valence-corrected chi connectivity index (χ3v) is 7.29. The van der Waals surface area contributed by atoms with Crippen LogP contribution in [-0.2, 0) is 16.1 Å². The minimum atomic E-state index is 0.0515. The molecule has 5 rings (SSSR count). The lowest BCUT2D eigenvalue weighted by Crippen LogP contribution is -2.48. The topological polar surface area (TPSA) is 51.8 Å². The van der Waals surface area contributed by atoms with Gasteiger partial charge in [-0.3, -0.25) is 14.6 Å². The highest BCUT2D eigenvalue weighted by molar-refractivity contribution is 5.82. The van der Waals surface area contributed by atoms with Gasteiger partial charge in [-0.2, -0.15) is 0 Å². The first kappa shape index (κ1) is 19.1. The summed E-state index contributed by atoms with van der Waals surface area (Å²) in [6, 6.07) is 8.92. The SMILES string of the molecule is CN1CC2(CCN(Cc3ccc4[nH]ccc4c3)CC2)CC1C(=O)N1CCOCC1. The number of carbonyl (C=O) groups is 1. The largest absolute Gasteiger partial charge is 0.378 e. The van der Waals surface area contributed by atoms with E-state index in [9.17, 15) is 4.79 Å². The summed E-state index contributed by atoms with van der Waals surface area (Å²) in [5.41, 5.74) is 2.90. The fraction of sp³-hybridized carbons (Fsp3) is 0.609. The van der Waals surface area contributed by atoms with Crippen molar-refractivity contribution in [2.75, 3.05) is 53.0 Å². The highest BCUT2D eigenvalue weighted by Crippen LogP contribution is 2.43. The molecular weight excluding hydrogens is 364 g/mol. The summed E-state index contributed by atoms with van der Waals surface area (Å²) in [6.45, 7) is 7.16. The molecule has 3 aliphatic heterocycles. The van der Waals surface area contributed by atoms with Gasteiger partial charge in [-0.25, -0.2) is 0 Å². The van der Waals surface area contributed by atoms with Crippen molar-refractivity contribution >= 4 is 16.8 Å². The van der Waals surface area contributed by atoms with E-state index in [1.165, 1.54) is 29.3 Å². The van der Waals surface area contributed by atoms with Crippen molar-refractivity contribution in [3.05, 3.63) is 36.0 Å². The van der Waals surface area contributed by atoms with Crippen molar-refractivity contribution in [2.45, 2.75) is 31.8 Å². The molecule has 6 nitrogen and oxygen atoms in total. The minimum Gasteiger partial charge on any atom is -0.378 e. The first-order valence-electron chi connectivity index (χ1n) is 11.0. The molecule has 0 radical (unpaired) electrons. The molecule has 1 aromatic carbocycles. The average molecular weight is 397 g/mol. The van der Waals surface area contributed by atoms with Gasteiger partial charge in [0.05, 0.1) is 19.3 Å². The molecule has 1 spiro atoms. The number of aromatic amines is 1. The number of H-pyrrole nitrogens is 1. The van der Waals surface area contributed by atoms with Crippen LogP contribution in [0.25, 0.3) is 10.9 Å². The number of fused-ring (bicyclic) bond motifs is 1. The molecule has 1 amide bonds. The molecule has 1 unspecified atom stereocenters. The Balaban J connectivity index is 1.19. The van der Waals surface area contributed by atoms with Crippen molar-refractivity contribution in [2.24, 2.45) is 5.41 Å². The second kappa shape index (κ2) is 7.74. The van der Waals surface area contributed by atoms with Crippen LogP contribution in [0.4, 0.5) is 0 Å². The molecule has 29 heavy (non-hydrogen) atoms. The van der Waals surface area contributed by atoms with Gasteiger partial charge in [-0.1, -0.05) is 6.07 Å². The van der Waals surface area contributed by atoms with Gasteiger partial charge in [0, 0.05) is 37.9 Å². The molecule has 3 aliphatic rings. The molecule has 3 saturated heterocycles. The van der Waals surface area contributed by atoms with Gasteiger partial charge in [0.2, 0.25) is 5.91 Å². The summed E-state index contributed by atoms with van der Waals surface area (Å²) < 4.78 is 5.41. The Morgan fingerprint density at radius 1 is 1.17 bits per heavy atom. The zero-order valence-electron chi connectivity index (χ0n) is 17.4. The van der Waals surface area contributed by atoms with Crippen molar-refractivity contribution in [3.8, 4) is 0 Å². The number of piperidine rings is 1. The maximum atomic E-state index is 13.0. The van der Waals surface area contributed by atoms with E-state index in [1.54, 1.807) is 0 Å². The third kappa shape index (κ3) is 3.81. The Labute approximate surface area is 172 Å². The van der Waals surface area contributed by atoms with E-state index in [-0.39, 0.29) is 6.04 Å². The number of morpholine rings is 1. The molecule has 0 bridgehead atoms. The number of hydrogen-bond donors (Lipinski definition) is 1. The summed E-state index contributed by atoms with van der Waals surface area (Å²) in [5.74, 6) is 0.315. The number of nitrogens with zero attached hydrogens (tertiary/aromatic N) is 3. The Morgan fingerprint density at radius 2 is 1.97 bits per heavy atom. The van der Waals surface area contributed by atoms with Gasteiger partial charge in [0.15, 0.2) is 0 Å². The summed E-state index contributed by atoms with van der Waals surface area (Å²) >= 11 is 0. The number of aromatic nitrogens is 1. The van der Waals surface area contributed by atoms with Crippen molar-refractivity contribution in [1.82, 2.24) is 19.7 Å². The zero-order chi connectivity index (χ0) is 19.8. The van der Waals surface area contributed by atoms with Crippen LogP contribution in [0, 0.1) is 5.41 Å². The average Bonchev–Trinajstić information content (AvgIpc) is 3.34. The van der Waals surface area contributed by atoms with Crippen LogP contribution >= 0.6 is 0 Å². The van der Waals surface area contributed by atoms with Gasteiger partial charge in [-0.05, 0) is 74.0 Å². The maximum absolute atomic E-state index is 13.0. The van der Waals surface area contributed by atoms with Crippen LogP contribution in [0.2, 0.25) is 0 Å². The van der Waals surface area contributed by atoms with E-state index in [0.29, 0.717) is 24.5 Å². The molecule has 156 valence electrons. The second-order valence-electron chi connectivity index (χ2n) is 9.25. The molecule has 1 atom stereocenters. The van der Waals surface area contributed by atoms with E-state index in [0.717, 1.165) is 45.7 Å². The van der Waals surface area contributed by atoms with Crippen LogP contribution < -0.4 is 0 Å². The van der Waals surface area contributed by atoms with Crippen LogP contribution in [0.1, 0.15) is 24.8 Å². The van der Waals surface area contributed by atoms with Crippen molar-refractivity contribution in [1.29, 1.82) is 0 Å². The lowest BCUT2D eigenvalue weighted by molar-refractivity contribution is -0.139. The van der Waals surface area contributed by atoms with Crippen molar-refractivity contribution < 1.29 is 9.53 Å². The number of ether oxygens (including phenoxy) is 1. The highest BCUT2D eigenvalue weighted by atomic mass is 16.5. The molecule has 6 heteroatoms. The van der Waals surface area contributed by atoms with Crippen LogP contribution in [0.5, 0.6) is 0 Å². The quantitative estimate of drug-likeness (QED) is 0.865. The van der Waals surface area contributed by atoms with E-state index >= 15 is 0 Å². The molecule has 1 aromatic heterocycles. The molecule has 0 aliphatic carbocycles. The predicted molar refractivity (Wildman–Crippen MR) is 114 cm³/mol. The lowest BCUT2D eigenvalue weighted by atomic mass is 9.76. The third-order valence-electron chi connectivity index (χ3n) is 7.29. The number of likely N-dealkylation sites (tertiary alicyclic amines) is 2. The monoisotopic (exact) mass is 396 g/mol. The van der Waals surface area contributed by atoms with E-state index < -0.39 is 0 Å². The Hall–Kier alpha value is -1.89.